The van der Waals surface area contributed by atoms with Crippen molar-refractivity contribution in [2.45, 2.75) is 45.6 Å². The molecule has 0 aliphatic heterocycles. The molecule has 0 aromatic carbocycles. The van der Waals surface area contributed by atoms with E-state index in [-0.39, 0.29) is 0 Å². The molecule has 1 N–H and O–H groups in total. The first-order chi connectivity index (χ1) is 7.86. The average Bonchev–Trinajstić information content (AvgIpc) is 2.72. The molecule has 16 heavy (non-hydrogen) atoms. The molecule has 0 saturated heterocycles. The number of aromatic nitrogens is 2. The van der Waals surface area contributed by atoms with Gasteiger partial charge >= 0.3 is 0 Å². The molecule has 0 radical (unpaired) electrons. The van der Waals surface area contributed by atoms with Gasteiger partial charge in [-0.2, -0.15) is 0 Å². The molecular weight excluding hydrogens is 202 g/mol. The third-order valence-corrected chi connectivity index (χ3v) is 3.05. The standard InChI is InChI=1S/C12H19N3O/c1-10-12(15-16-14-10)9-13-8-7-11-5-3-2-4-6-11/h5,13H,2-4,6-9H2,1H3. The normalized spacial score (nSPS) is 16.2. The summed E-state index contributed by atoms with van der Waals surface area (Å²) in [7, 11) is 0. The van der Waals surface area contributed by atoms with Crippen LogP contribution in [0.5, 0.6) is 0 Å². The van der Waals surface area contributed by atoms with Gasteiger partial charge in [0.1, 0.15) is 11.4 Å². The molecule has 1 aliphatic rings. The Balaban J connectivity index is 1.65. The molecule has 0 unspecified atom stereocenters. The van der Waals surface area contributed by atoms with Gasteiger partial charge in [0.05, 0.1) is 0 Å². The van der Waals surface area contributed by atoms with Crippen LogP contribution in [0.2, 0.25) is 0 Å². The van der Waals surface area contributed by atoms with Gasteiger partial charge in [-0.25, -0.2) is 4.63 Å². The summed E-state index contributed by atoms with van der Waals surface area (Å²) in [5.41, 5.74) is 3.40. The van der Waals surface area contributed by atoms with Crippen LogP contribution in [0, 0.1) is 6.92 Å². The summed E-state index contributed by atoms with van der Waals surface area (Å²) >= 11 is 0. The number of hydrogen-bond donors (Lipinski definition) is 1. The van der Waals surface area contributed by atoms with Crippen molar-refractivity contribution < 1.29 is 4.63 Å². The molecule has 2 rings (SSSR count). The third-order valence-electron chi connectivity index (χ3n) is 3.05. The van der Waals surface area contributed by atoms with Crippen LogP contribution in [0.3, 0.4) is 0 Å². The zero-order chi connectivity index (χ0) is 11.2. The van der Waals surface area contributed by atoms with Crippen LogP contribution in [-0.4, -0.2) is 16.9 Å². The molecule has 1 aromatic rings. The first-order valence-electron chi connectivity index (χ1n) is 6.03. The van der Waals surface area contributed by atoms with Gasteiger partial charge in [-0.1, -0.05) is 22.0 Å². The third kappa shape index (κ3) is 3.17. The van der Waals surface area contributed by atoms with Crippen LogP contribution in [0.15, 0.2) is 16.3 Å². The highest BCUT2D eigenvalue weighted by molar-refractivity contribution is 5.06. The fourth-order valence-electron chi connectivity index (χ4n) is 2.00. The lowest BCUT2D eigenvalue weighted by molar-refractivity contribution is 0.300. The van der Waals surface area contributed by atoms with E-state index in [0.717, 1.165) is 30.9 Å². The van der Waals surface area contributed by atoms with Crippen LogP contribution in [0.4, 0.5) is 0 Å². The number of rotatable bonds is 5. The summed E-state index contributed by atoms with van der Waals surface area (Å²) in [5, 5.41) is 11.0. The summed E-state index contributed by atoms with van der Waals surface area (Å²) in [6, 6.07) is 0. The van der Waals surface area contributed by atoms with Crippen LogP contribution < -0.4 is 5.32 Å². The molecule has 4 heteroatoms. The van der Waals surface area contributed by atoms with E-state index < -0.39 is 0 Å². The molecule has 0 bridgehead atoms. The number of hydrogen-bond acceptors (Lipinski definition) is 4. The van der Waals surface area contributed by atoms with Gasteiger partial charge in [0, 0.05) is 6.54 Å². The molecule has 88 valence electrons. The van der Waals surface area contributed by atoms with E-state index >= 15 is 0 Å². The maximum Gasteiger partial charge on any atom is 0.121 e. The number of aryl methyl sites for hydroxylation is 1. The highest BCUT2D eigenvalue weighted by Crippen LogP contribution is 2.19. The predicted molar refractivity (Wildman–Crippen MR) is 61.9 cm³/mol. The maximum atomic E-state index is 4.64. The topological polar surface area (TPSA) is 51.0 Å². The molecule has 0 amide bonds. The molecule has 1 heterocycles. The molecule has 4 nitrogen and oxygen atoms in total. The Hall–Kier alpha value is -1.16. The van der Waals surface area contributed by atoms with Crippen LogP contribution in [0.1, 0.15) is 43.5 Å². The van der Waals surface area contributed by atoms with Crippen LogP contribution >= 0.6 is 0 Å². The minimum absolute atomic E-state index is 0.753. The van der Waals surface area contributed by atoms with Crippen molar-refractivity contribution in [3.63, 3.8) is 0 Å². The lowest BCUT2D eigenvalue weighted by Crippen LogP contribution is -2.16. The molecule has 1 aliphatic carbocycles. The van der Waals surface area contributed by atoms with Crippen molar-refractivity contribution in [2.24, 2.45) is 0 Å². The maximum absolute atomic E-state index is 4.64. The van der Waals surface area contributed by atoms with Gasteiger partial charge in [0.25, 0.3) is 0 Å². The summed E-state index contributed by atoms with van der Waals surface area (Å²) in [4.78, 5) is 0. The first-order valence-corrected chi connectivity index (χ1v) is 6.03. The fraction of sp³-hybridized carbons (Fsp3) is 0.667. The smallest absolute Gasteiger partial charge is 0.121 e. The van der Waals surface area contributed by atoms with E-state index in [1.54, 1.807) is 5.57 Å². The first kappa shape index (κ1) is 11.3. The summed E-state index contributed by atoms with van der Waals surface area (Å²) in [6.07, 6.45) is 8.82. The van der Waals surface area contributed by atoms with E-state index in [4.69, 9.17) is 0 Å². The van der Waals surface area contributed by atoms with Crippen molar-refractivity contribution in [2.75, 3.05) is 6.54 Å². The van der Waals surface area contributed by atoms with E-state index in [2.05, 4.69) is 26.3 Å². The Morgan fingerprint density at radius 1 is 1.38 bits per heavy atom. The largest absolute Gasteiger partial charge is 0.311 e. The summed E-state index contributed by atoms with van der Waals surface area (Å²) < 4.78 is 4.64. The van der Waals surface area contributed by atoms with Crippen LogP contribution in [0.25, 0.3) is 0 Å². The van der Waals surface area contributed by atoms with Gasteiger partial charge in [-0.3, -0.25) is 0 Å². The van der Waals surface area contributed by atoms with Gasteiger partial charge in [-0.05, 0) is 45.6 Å². The van der Waals surface area contributed by atoms with Crippen molar-refractivity contribution in [1.29, 1.82) is 0 Å². The fourth-order valence-corrected chi connectivity index (χ4v) is 2.00. The van der Waals surface area contributed by atoms with Gasteiger partial charge in [0.2, 0.25) is 0 Å². The Labute approximate surface area is 96.1 Å². The minimum atomic E-state index is 0.753. The van der Waals surface area contributed by atoms with Gasteiger partial charge in [-0.15, -0.1) is 0 Å². The highest BCUT2D eigenvalue weighted by atomic mass is 16.6. The summed E-state index contributed by atoms with van der Waals surface area (Å²) in [6.45, 7) is 3.68. The molecule has 0 atom stereocenters. The number of allylic oxidation sites excluding steroid dienone is 1. The zero-order valence-corrected chi connectivity index (χ0v) is 9.83. The molecular formula is C12H19N3O. The van der Waals surface area contributed by atoms with E-state index in [1.165, 1.54) is 25.7 Å². The minimum Gasteiger partial charge on any atom is -0.311 e. The predicted octanol–water partition coefficient (Wildman–Crippen LogP) is 2.36. The molecule has 0 saturated carbocycles. The summed E-state index contributed by atoms with van der Waals surface area (Å²) in [5.74, 6) is 0. The second-order valence-electron chi connectivity index (χ2n) is 4.33. The van der Waals surface area contributed by atoms with E-state index in [1.807, 2.05) is 6.92 Å². The number of nitrogens with one attached hydrogen (secondary N) is 1. The quantitative estimate of drug-likeness (QED) is 0.612. The second-order valence-corrected chi connectivity index (χ2v) is 4.33. The Bertz CT molecular complexity index is 357. The molecule has 0 spiro atoms. The lowest BCUT2D eigenvalue weighted by Gasteiger charge is -2.12. The highest BCUT2D eigenvalue weighted by Gasteiger charge is 2.05. The SMILES string of the molecule is Cc1nonc1CNCCC1=CCCCC1. The van der Waals surface area contributed by atoms with Crippen molar-refractivity contribution in [3.8, 4) is 0 Å². The average molecular weight is 221 g/mol. The Morgan fingerprint density at radius 3 is 3.00 bits per heavy atom. The van der Waals surface area contributed by atoms with Crippen LogP contribution in [-0.2, 0) is 6.54 Å². The van der Waals surface area contributed by atoms with Gasteiger partial charge in [0.15, 0.2) is 0 Å². The Kier molecular flexibility index (Phi) is 4.10. The van der Waals surface area contributed by atoms with E-state index in [0.29, 0.717) is 0 Å². The Morgan fingerprint density at radius 2 is 2.31 bits per heavy atom. The van der Waals surface area contributed by atoms with Crippen molar-refractivity contribution in [1.82, 2.24) is 15.6 Å². The molecule has 1 aromatic heterocycles. The van der Waals surface area contributed by atoms with E-state index in [9.17, 15) is 0 Å². The number of nitrogens with zero attached hydrogens (tertiary/aromatic N) is 2. The second kappa shape index (κ2) is 5.80. The van der Waals surface area contributed by atoms with Crippen molar-refractivity contribution in [3.05, 3.63) is 23.0 Å². The molecule has 0 fully saturated rings. The van der Waals surface area contributed by atoms with Gasteiger partial charge < -0.3 is 5.32 Å². The monoisotopic (exact) mass is 221 g/mol. The lowest BCUT2D eigenvalue weighted by atomic mass is 9.97. The zero-order valence-electron chi connectivity index (χ0n) is 9.83. The van der Waals surface area contributed by atoms with Crippen molar-refractivity contribution >= 4 is 0 Å².